The smallest absolute Gasteiger partial charge is 0.160 e. The number of hydrogen-bond donors (Lipinski definition) is 0. The lowest BCUT2D eigenvalue weighted by atomic mass is 10.1. The minimum Gasteiger partial charge on any atom is -0.294 e. The largest absolute Gasteiger partial charge is 0.294 e. The molecule has 1 fully saturated rings. The van der Waals surface area contributed by atoms with Crippen LogP contribution in [0.3, 0.4) is 0 Å². The highest BCUT2D eigenvalue weighted by atomic mass is 32.2. The maximum Gasteiger partial charge on any atom is 0.160 e. The first-order valence-corrected chi connectivity index (χ1v) is 10.8. The van der Waals surface area contributed by atoms with Gasteiger partial charge in [-0.25, -0.2) is 8.51 Å². The number of carbonyl (C=O) groups is 1. The highest BCUT2D eigenvalue weighted by molar-refractivity contribution is 7.87. The first-order valence-electron chi connectivity index (χ1n) is 9.66. The van der Waals surface area contributed by atoms with Gasteiger partial charge in [0.15, 0.2) is 5.78 Å². The molecular weight excluding hydrogens is 318 g/mol. The van der Waals surface area contributed by atoms with Crippen molar-refractivity contribution in [3.63, 3.8) is 0 Å². The van der Waals surface area contributed by atoms with Gasteiger partial charge in [0.05, 0.1) is 4.91 Å². The molecule has 1 heterocycles. The molecule has 1 aliphatic rings. The van der Waals surface area contributed by atoms with E-state index in [4.69, 9.17) is 0 Å². The second-order valence-electron chi connectivity index (χ2n) is 4.47. The number of Topliss-reactive ketones (excluding diaryl/α,β-unsaturated/α-hetero) is 1. The fourth-order valence-corrected chi connectivity index (χ4v) is 3.63. The van der Waals surface area contributed by atoms with Crippen molar-refractivity contribution in [2.75, 3.05) is 13.1 Å². The van der Waals surface area contributed by atoms with Crippen LogP contribution < -0.4 is 0 Å². The summed E-state index contributed by atoms with van der Waals surface area (Å²) in [7, 11) is -1.19. The average molecular weight is 360 g/mol. The summed E-state index contributed by atoms with van der Waals surface area (Å²) in [5.74, 6) is -0.00434. The molecule has 24 heavy (non-hydrogen) atoms. The van der Waals surface area contributed by atoms with Gasteiger partial charge < -0.3 is 0 Å². The van der Waals surface area contributed by atoms with Crippen LogP contribution in [0.4, 0.5) is 0 Å². The Labute approximate surface area is 154 Å². The van der Waals surface area contributed by atoms with Gasteiger partial charge in [-0.3, -0.25) is 4.79 Å². The number of hydrogen-bond acceptors (Lipinski definition) is 2. The number of nitrogens with zero attached hydrogens (tertiary/aromatic N) is 1. The van der Waals surface area contributed by atoms with Gasteiger partial charge in [0.2, 0.25) is 0 Å². The minimum atomic E-state index is -1.19. The summed E-state index contributed by atoms with van der Waals surface area (Å²) in [6.45, 7) is 19.1. The molecule has 0 N–H and O–H groups in total. The average Bonchev–Trinajstić information content (AvgIpc) is 2.67. The molecule has 4 heteroatoms. The summed E-state index contributed by atoms with van der Waals surface area (Å²) < 4.78 is 14.5. The van der Waals surface area contributed by atoms with Gasteiger partial charge >= 0.3 is 0 Å². The summed E-state index contributed by atoms with van der Waals surface area (Å²) in [6, 6.07) is 0. The van der Waals surface area contributed by atoms with Crippen molar-refractivity contribution in [3.05, 3.63) is 22.6 Å². The van der Waals surface area contributed by atoms with Crippen LogP contribution in [-0.4, -0.2) is 27.4 Å². The Bertz CT molecular complexity index is 381. The van der Waals surface area contributed by atoms with Crippen LogP contribution in [0.5, 0.6) is 0 Å². The van der Waals surface area contributed by atoms with Crippen LogP contribution in [0.15, 0.2) is 22.6 Å². The van der Waals surface area contributed by atoms with Crippen molar-refractivity contribution >= 4 is 16.8 Å². The first-order chi connectivity index (χ1) is 11.6. The Hall–Kier alpha value is -0.740. The third-order valence-electron chi connectivity index (χ3n) is 3.05. The molecule has 1 rings (SSSR count). The maximum absolute atomic E-state index is 12.5. The highest BCUT2D eigenvalue weighted by Crippen LogP contribution is 2.22. The molecule has 1 unspecified atom stereocenters. The predicted octanol–water partition coefficient (Wildman–Crippen LogP) is 6.04. The van der Waals surface area contributed by atoms with Gasteiger partial charge in [0.25, 0.3) is 0 Å². The van der Waals surface area contributed by atoms with E-state index in [0.29, 0.717) is 10.5 Å². The lowest BCUT2D eigenvalue weighted by Crippen LogP contribution is -2.33. The Morgan fingerprint density at radius 1 is 1.00 bits per heavy atom. The van der Waals surface area contributed by atoms with E-state index in [-0.39, 0.29) is 5.78 Å². The van der Waals surface area contributed by atoms with Crippen molar-refractivity contribution in [2.45, 2.75) is 88.0 Å². The van der Waals surface area contributed by atoms with Gasteiger partial charge in [0, 0.05) is 18.7 Å². The van der Waals surface area contributed by atoms with E-state index in [1.54, 1.807) is 6.92 Å². The minimum absolute atomic E-state index is 0.00434. The quantitative estimate of drug-likeness (QED) is 0.443. The molecule has 0 aromatic rings. The molecule has 0 aromatic heterocycles. The lowest BCUT2D eigenvalue weighted by molar-refractivity contribution is -0.113. The van der Waals surface area contributed by atoms with Crippen molar-refractivity contribution in [1.82, 2.24) is 4.31 Å². The van der Waals surface area contributed by atoms with Crippen LogP contribution in [0, 0.1) is 0 Å². The zero-order valence-electron chi connectivity index (χ0n) is 17.6. The van der Waals surface area contributed by atoms with Gasteiger partial charge in [0.1, 0.15) is 11.0 Å². The summed E-state index contributed by atoms with van der Waals surface area (Å²) in [6.07, 6.45) is 7.87. The first kappa shape index (κ1) is 28.1. The van der Waals surface area contributed by atoms with Crippen LogP contribution in [-0.2, 0) is 15.8 Å². The molecule has 0 aliphatic carbocycles. The van der Waals surface area contributed by atoms with Gasteiger partial charge in [-0.2, -0.15) is 0 Å². The molecule has 0 amide bonds. The van der Waals surface area contributed by atoms with Crippen LogP contribution in [0.2, 0.25) is 0 Å². The monoisotopic (exact) mass is 359 g/mol. The predicted molar refractivity (Wildman–Crippen MR) is 110 cm³/mol. The summed E-state index contributed by atoms with van der Waals surface area (Å²) >= 11 is 0. The Morgan fingerprint density at radius 2 is 1.46 bits per heavy atom. The molecule has 1 aliphatic heterocycles. The van der Waals surface area contributed by atoms with E-state index in [2.05, 4.69) is 0 Å². The Balaban J connectivity index is -0.000000659. The summed E-state index contributed by atoms with van der Waals surface area (Å²) in [5, 5.41) is 0. The molecule has 1 saturated heterocycles. The number of allylic oxidation sites excluding steroid dienone is 3. The molecule has 3 nitrogen and oxygen atoms in total. The third kappa shape index (κ3) is 10.9. The lowest BCUT2D eigenvalue weighted by Gasteiger charge is -2.26. The van der Waals surface area contributed by atoms with Crippen LogP contribution >= 0.6 is 0 Å². The van der Waals surface area contributed by atoms with Crippen molar-refractivity contribution in [1.29, 1.82) is 0 Å². The highest BCUT2D eigenvalue weighted by Gasteiger charge is 2.23. The molecular formula is C20H41NO2S. The van der Waals surface area contributed by atoms with Crippen molar-refractivity contribution in [3.8, 4) is 0 Å². The Morgan fingerprint density at radius 3 is 1.79 bits per heavy atom. The SMILES string of the molecule is C/C=C(\C(=C/CC)C(C)=O)S(=O)N1CCCCC1.CC.CC.CC. The molecule has 0 bridgehead atoms. The molecule has 144 valence electrons. The second-order valence-corrected chi connectivity index (χ2v) is 5.93. The summed E-state index contributed by atoms with van der Waals surface area (Å²) in [5.41, 5.74) is 0.615. The van der Waals surface area contributed by atoms with E-state index in [1.165, 1.54) is 6.42 Å². The van der Waals surface area contributed by atoms with E-state index in [9.17, 15) is 9.00 Å². The van der Waals surface area contributed by atoms with Crippen LogP contribution in [0.1, 0.15) is 88.0 Å². The van der Waals surface area contributed by atoms with Crippen molar-refractivity contribution < 1.29 is 9.00 Å². The standard InChI is InChI=1S/C14H23NO2S.3C2H6/c1-4-9-13(12(3)16)14(5-2)18(17)15-10-7-6-8-11-15;3*1-2/h5,9H,4,6-8,10-11H2,1-3H3;3*1-2H3/b13-9-,14-5+;;;. The molecule has 0 aromatic carbocycles. The maximum atomic E-state index is 12.5. The number of ketones is 1. The molecule has 0 radical (unpaired) electrons. The van der Waals surface area contributed by atoms with E-state index >= 15 is 0 Å². The fourth-order valence-electron chi connectivity index (χ4n) is 2.14. The summed E-state index contributed by atoms with van der Waals surface area (Å²) in [4.78, 5) is 12.3. The fraction of sp³-hybridized carbons (Fsp3) is 0.750. The molecule has 0 saturated carbocycles. The topological polar surface area (TPSA) is 37.4 Å². The zero-order chi connectivity index (χ0) is 19.5. The van der Waals surface area contributed by atoms with Crippen molar-refractivity contribution in [2.24, 2.45) is 0 Å². The normalized spacial score (nSPS) is 16.4. The molecule has 1 atom stereocenters. The van der Waals surface area contributed by atoms with E-state index in [1.807, 2.05) is 71.8 Å². The third-order valence-corrected chi connectivity index (χ3v) is 4.72. The van der Waals surface area contributed by atoms with Gasteiger partial charge in [-0.1, -0.05) is 67.0 Å². The second kappa shape index (κ2) is 20.3. The number of rotatable bonds is 5. The van der Waals surface area contributed by atoms with E-state index in [0.717, 1.165) is 32.4 Å². The van der Waals surface area contributed by atoms with E-state index < -0.39 is 11.0 Å². The zero-order valence-corrected chi connectivity index (χ0v) is 18.4. The molecule has 0 spiro atoms. The van der Waals surface area contributed by atoms with Gasteiger partial charge in [-0.15, -0.1) is 0 Å². The number of carbonyl (C=O) groups excluding carboxylic acids is 1. The number of piperidine rings is 1. The Kier molecular flexibility index (Phi) is 23.8. The van der Waals surface area contributed by atoms with Crippen LogP contribution in [0.25, 0.3) is 0 Å². The van der Waals surface area contributed by atoms with Gasteiger partial charge in [-0.05, 0) is 33.1 Å².